The van der Waals surface area contributed by atoms with Crippen molar-refractivity contribution in [2.24, 2.45) is 5.92 Å². The number of esters is 4. The molecule has 4 atom stereocenters. The third-order valence-electron chi connectivity index (χ3n) is 6.14. The number of β-lactam (4-membered cyclic amide) rings is 1. The van der Waals surface area contributed by atoms with Crippen molar-refractivity contribution >= 4 is 92.6 Å². The zero-order chi connectivity index (χ0) is 31.4. The highest BCUT2D eigenvalue weighted by Crippen LogP contribution is 2.41. The van der Waals surface area contributed by atoms with Gasteiger partial charge in [0.05, 0.1) is 36.7 Å². The number of hydrogen-bond acceptors (Lipinski definition) is 12. The first-order valence-corrected chi connectivity index (χ1v) is 15.3. The minimum absolute atomic E-state index is 0.0668. The van der Waals surface area contributed by atoms with Crippen molar-refractivity contribution in [1.82, 2.24) is 10.2 Å². The van der Waals surface area contributed by atoms with E-state index in [1.54, 1.807) is 17.5 Å². The normalized spacial score (nSPS) is 21.7. The van der Waals surface area contributed by atoms with Crippen molar-refractivity contribution in [2.45, 2.75) is 40.2 Å². The van der Waals surface area contributed by atoms with Crippen LogP contribution in [0.2, 0.25) is 0 Å². The molecular weight excluding hydrogens is 663 g/mol. The highest BCUT2D eigenvalue weighted by molar-refractivity contribution is 7.86. The Hall–Kier alpha value is -2.72. The lowest BCUT2D eigenvalue weighted by molar-refractivity contribution is -0.159. The smallest absolute Gasteiger partial charge is 0.355 e. The molecule has 3 rings (SSSR count). The molecule has 2 aliphatic rings. The van der Waals surface area contributed by atoms with E-state index in [2.05, 4.69) is 5.32 Å². The number of nitrogens with one attached hydrogen (secondary N) is 1. The molecule has 0 saturated carbocycles. The van der Waals surface area contributed by atoms with Crippen LogP contribution in [-0.2, 0) is 64.9 Å². The second-order valence-corrected chi connectivity index (χ2v) is 14.2. The number of ether oxygens (including phenoxy) is 4. The zero-order valence-electron chi connectivity index (χ0n) is 22.3. The first-order chi connectivity index (χ1) is 19.7. The molecule has 0 aliphatic carbocycles. The van der Waals surface area contributed by atoms with E-state index >= 15 is 0 Å². The van der Waals surface area contributed by atoms with E-state index in [0.29, 0.717) is 4.88 Å². The van der Waals surface area contributed by atoms with Gasteiger partial charge in [-0.15, -0.1) is 11.3 Å². The fourth-order valence-corrected chi connectivity index (χ4v) is 7.21. The minimum atomic E-state index is -2.19. The van der Waals surface area contributed by atoms with Gasteiger partial charge in [0.25, 0.3) is 5.91 Å². The van der Waals surface area contributed by atoms with E-state index < -0.39 is 98.2 Å². The minimum Gasteiger partial charge on any atom is -0.468 e. The summed E-state index contributed by atoms with van der Waals surface area (Å²) in [5.41, 5.74) is -0.703. The number of halogens is 3. The van der Waals surface area contributed by atoms with Crippen molar-refractivity contribution in [3.8, 4) is 0 Å². The van der Waals surface area contributed by atoms with Gasteiger partial charge in [-0.1, -0.05) is 40.9 Å². The molecule has 18 heteroatoms. The molecule has 1 saturated heterocycles. The summed E-state index contributed by atoms with van der Waals surface area (Å²) in [7, 11) is -0.141. The van der Waals surface area contributed by atoms with Gasteiger partial charge in [0.15, 0.2) is 5.92 Å². The van der Waals surface area contributed by atoms with Gasteiger partial charge < -0.3 is 24.3 Å². The number of amides is 2. The second-order valence-electron chi connectivity index (χ2n) is 8.90. The molecule has 3 heterocycles. The zero-order valence-corrected chi connectivity index (χ0v) is 26.2. The van der Waals surface area contributed by atoms with Crippen LogP contribution in [0.5, 0.6) is 0 Å². The molecule has 1 aromatic rings. The second kappa shape index (κ2) is 14.2. The van der Waals surface area contributed by atoms with Gasteiger partial charge in [-0.2, -0.15) is 0 Å². The third kappa shape index (κ3) is 7.81. The van der Waals surface area contributed by atoms with Crippen molar-refractivity contribution in [3.05, 3.63) is 33.7 Å². The quantitative estimate of drug-likeness (QED) is 0.116. The predicted octanol–water partition coefficient (Wildman–Crippen LogP) is 1.16. The Kier molecular flexibility index (Phi) is 11.4. The summed E-state index contributed by atoms with van der Waals surface area (Å²) >= 11 is 18.5. The Morgan fingerprint density at radius 1 is 1.12 bits per heavy atom. The fraction of sp³-hybridized carbons (Fsp3) is 0.500. The number of rotatable bonds is 11. The summed E-state index contributed by atoms with van der Waals surface area (Å²) in [5, 5.41) is 1.60. The molecule has 2 aliphatic heterocycles. The standard InChI is InChI=1S/C24H25Cl3N2O11S2/c1-11(30)39-9-14-15(8-13(21(33)37-2)22(34)38-3)42(36)20-17(28-16(31)7-12-5-4-6-41-12)19(32)29(20)18(14)23(35)40-10-24(25,26)27/h4-6,13,15,17,20H,7-10H2,1-3H3,(H,28,31)/t15?,17?,20-,42?/m0/s1. The van der Waals surface area contributed by atoms with Crippen LogP contribution < -0.4 is 5.32 Å². The molecule has 13 nitrogen and oxygen atoms in total. The maximum absolute atomic E-state index is 14.0. The van der Waals surface area contributed by atoms with Gasteiger partial charge in [0, 0.05) is 17.4 Å². The van der Waals surface area contributed by atoms with Gasteiger partial charge in [0.1, 0.15) is 30.3 Å². The molecule has 1 fully saturated rings. The highest BCUT2D eigenvalue weighted by Gasteiger charge is 2.60. The highest BCUT2D eigenvalue weighted by atomic mass is 35.6. The molecular formula is C24H25Cl3N2O11S2. The van der Waals surface area contributed by atoms with Gasteiger partial charge in [0.2, 0.25) is 9.70 Å². The monoisotopic (exact) mass is 686 g/mol. The summed E-state index contributed by atoms with van der Waals surface area (Å²) in [6.07, 6.45) is -0.610. The van der Waals surface area contributed by atoms with Crippen molar-refractivity contribution < 1.29 is 51.9 Å². The molecule has 230 valence electrons. The van der Waals surface area contributed by atoms with Crippen LogP contribution in [0.1, 0.15) is 18.2 Å². The molecule has 0 radical (unpaired) electrons. The van der Waals surface area contributed by atoms with Crippen LogP contribution in [-0.4, -0.2) is 92.7 Å². The number of alkyl halides is 3. The van der Waals surface area contributed by atoms with Crippen LogP contribution in [0.4, 0.5) is 0 Å². The summed E-state index contributed by atoms with van der Waals surface area (Å²) in [6.45, 7) is -0.362. The van der Waals surface area contributed by atoms with Crippen molar-refractivity contribution in [2.75, 3.05) is 27.4 Å². The van der Waals surface area contributed by atoms with Gasteiger partial charge in [-0.25, -0.2) is 4.79 Å². The molecule has 2 amide bonds. The van der Waals surface area contributed by atoms with E-state index in [4.69, 9.17) is 53.8 Å². The molecule has 0 spiro atoms. The molecule has 1 aromatic heterocycles. The van der Waals surface area contributed by atoms with Crippen LogP contribution >= 0.6 is 46.1 Å². The Morgan fingerprint density at radius 3 is 2.29 bits per heavy atom. The summed E-state index contributed by atoms with van der Waals surface area (Å²) in [6, 6.07) is 2.12. The van der Waals surface area contributed by atoms with E-state index in [1.807, 2.05) is 0 Å². The summed E-state index contributed by atoms with van der Waals surface area (Å²) in [5.74, 6) is -7.05. The number of fused-ring (bicyclic) bond motifs is 1. The van der Waals surface area contributed by atoms with Crippen LogP contribution in [0.3, 0.4) is 0 Å². The lowest BCUT2D eigenvalue weighted by Gasteiger charge is -2.51. The summed E-state index contributed by atoms with van der Waals surface area (Å²) in [4.78, 5) is 77.6. The first-order valence-electron chi connectivity index (χ1n) is 12.0. The Bertz CT molecular complexity index is 1300. The van der Waals surface area contributed by atoms with Crippen molar-refractivity contribution in [3.63, 3.8) is 0 Å². The molecule has 3 unspecified atom stereocenters. The first kappa shape index (κ1) is 33.8. The van der Waals surface area contributed by atoms with E-state index in [9.17, 15) is 33.0 Å². The molecule has 0 aromatic carbocycles. The number of carbonyl (C=O) groups excluding carboxylic acids is 6. The Labute approximate surface area is 261 Å². The van der Waals surface area contributed by atoms with Crippen LogP contribution in [0.15, 0.2) is 28.8 Å². The largest absolute Gasteiger partial charge is 0.468 e. The average molecular weight is 688 g/mol. The number of methoxy groups -OCH3 is 2. The topological polar surface area (TPSA) is 172 Å². The Balaban J connectivity index is 2.08. The SMILES string of the molecule is COC(=O)C(CC1C(COC(C)=O)=C(C(=O)OCC(Cl)(Cl)Cl)N2C(=O)C(NC(=O)Cc3cccs3)[C@@H]2S1=O)C(=O)OC. The molecule has 1 N–H and O–H groups in total. The van der Waals surface area contributed by atoms with Gasteiger partial charge in [-0.3, -0.25) is 33.1 Å². The summed E-state index contributed by atoms with van der Waals surface area (Å²) < 4.78 is 31.6. The predicted molar refractivity (Wildman–Crippen MR) is 150 cm³/mol. The van der Waals surface area contributed by atoms with E-state index in [-0.39, 0.29) is 12.0 Å². The number of hydrogen-bond donors (Lipinski definition) is 1. The average Bonchev–Trinajstić information content (AvgIpc) is 3.44. The number of nitrogens with zero attached hydrogens (tertiary/aromatic N) is 1. The molecule has 42 heavy (non-hydrogen) atoms. The van der Waals surface area contributed by atoms with Crippen molar-refractivity contribution in [1.29, 1.82) is 0 Å². The lowest BCUT2D eigenvalue weighted by atomic mass is 9.95. The fourth-order valence-electron chi connectivity index (χ4n) is 4.29. The van der Waals surface area contributed by atoms with Gasteiger partial charge >= 0.3 is 23.9 Å². The number of thiophene rings is 1. The maximum Gasteiger partial charge on any atom is 0.355 e. The van der Waals surface area contributed by atoms with E-state index in [1.165, 1.54) is 11.3 Å². The number of carbonyl (C=O) groups is 6. The van der Waals surface area contributed by atoms with Crippen LogP contribution in [0.25, 0.3) is 0 Å². The third-order valence-corrected chi connectivity index (χ3v) is 9.34. The van der Waals surface area contributed by atoms with Crippen LogP contribution in [0, 0.1) is 5.92 Å². The van der Waals surface area contributed by atoms with E-state index in [0.717, 1.165) is 26.0 Å². The van der Waals surface area contributed by atoms with Gasteiger partial charge in [-0.05, 0) is 17.9 Å². The lowest BCUT2D eigenvalue weighted by Crippen LogP contribution is -2.75. The maximum atomic E-state index is 14.0. The molecule has 0 bridgehead atoms. The Morgan fingerprint density at radius 2 is 1.76 bits per heavy atom.